The molecule has 9 heteroatoms. The Morgan fingerprint density at radius 1 is 1.19 bits per heavy atom. The maximum atomic E-state index is 13.3. The molecular weight excluding hydrogens is 381 g/mol. The molecule has 0 amide bonds. The molecular formula is C17H26FO6P2+. The molecule has 0 aliphatic carbocycles. The van der Waals surface area contributed by atoms with Crippen LogP contribution in [0.5, 0.6) is 0 Å². The standard InChI is InChI=1S/C17H26FO6P2/c1-4-22-13-25(20)17(26(21,23-5-2)24-6-3)11-10-16(19)14-8-7-9-15(18)12-14/h7-9,12,17H,4-6,10-11,13H2,1-3H3/q+1. The molecule has 0 saturated carbocycles. The largest absolute Gasteiger partial charge is 0.382 e. The summed E-state index contributed by atoms with van der Waals surface area (Å²) in [5.74, 6) is -0.835. The third kappa shape index (κ3) is 6.98. The van der Waals surface area contributed by atoms with E-state index in [-0.39, 0.29) is 43.8 Å². The molecule has 0 fully saturated rings. The zero-order valence-corrected chi connectivity index (χ0v) is 17.1. The first-order valence-electron chi connectivity index (χ1n) is 8.57. The second kappa shape index (κ2) is 11.7. The third-order valence-electron chi connectivity index (χ3n) is 3.51. The van der Waals surface area contributed by atoms with Gasteiger partial charge in [-0.05, 0) is 32.9 Å². The van der Waals surface area contributed by atoms with Gasteiger partial charge >= 0.3 is 15.4 Å². The van der Waals surface area contributed by atoms with E-state index in [0.717, 1.165) is 6.07 Å². The minimum atomic E-state index is -3.67. The first kappa shape index (κ1) is 23.1. The Morgan fingerprint density at radius 2 is 1.85 bits per heavy atom. The van der Waals surface area contributed by atoms with E-state index in [1.54, 1.807) is 20.8 Å². The van der Waals surface area contributed by atoms with Gasteiger partial charge < -0.3 is 13.8 Å². The van der Waals surface area contributed by atoms with E-state index in [9.17, 15) is 18.3 Å². The van der Waals surface area contributed by atoms with Crippen molar-refractivity contribution in [2.45, 2.75) is 39.0 Å². The van der Waals surface area contributed by atoms with Crippen molar-refractivity contribution in [2.24, 2.45) is 0 Å². The number of carbonyl (C=O) groups is 1. The Bertz CT molecular complexity index is 642. The van der Waals surface area contributed by atoms with Gasteiger partial charge in [0.05, 0.1) is 13.2 Å². The molecule has 1 rings (SSSR count). The van der Waals surface area contributed by atoms with Crippen molar-refractivity contribution >= 4 is 21.2 Å². The molecule has 0 aliphatic heterocycles. The van der Waals surface area contributed by atoms with E-state index in [0.29, 0.717) is 6.61 Å². The van der Waals surface area contributed by atoms with Gasteiger partial charge in [-0.15, -0.1) is 0 Å². The number of benzene rings is 1. The summed E-state index contributed by atoms with van der Waals surface area (Å²) in [4.78, 5) is 12.3. The molecule has 0 saturated heterocycles. The Labute approximate surface area is 154 Å². The number of rotatable bonds is 13. The summed E-state index contributed by atoms with van der Waals surface area (Å²) in [6.07, 6.45) is -0.102. The van der Waals surface area contributed by atoms with E-state index in [4.69, 9.17) is 13.8 Å². The van der Waals surface area contributed by atoms with Crippen LogP contribution < -0.4 is 0 Å². The molecule has 0 spiro atoms. The van der Waals surface area contributed by atoms with Crippen molar-refractivity contribution < 1.29 is 32.1 Å². The van der Waals surface area contributed by atoms with Gasteiger partial charge in [0.15, 0.2) is 5.78 Å². The highest BCUT2D eigenvalue weighted by atomic mass is 31.2. The van der Waals surface area contributed by atoms with Crippen molar-refractivity contribution in [3.63, 3.8) is 0 Å². The van der Waals surface area contributed by atoms with Crippen LogP contribution in [-0.4, -0.2) is 37.4 Å². The van der Waals surface area contributed by atoms with Crippen molar-refractivity contribution in [1.82, 2.24) is 0 Å². The van der Waals surface area contributed by atoms with Gasteiger partial charge in [0.2, 0.25) is 6.35 Å². The molecule has 2 unspecified atom stereocenters. The first-order valence-corrected chi connectivity index (χ1v) is 11.7. The highest BCUT2D eigenvalue weighted by Gasteiger charge is 2.49. The molecule has 0 N–H and O–H groups in total. The molecule has 2 atom stereocenters. The van der Waals surface area contributed by atoms with Crippen LogP contribution in [0.3, 0.4) is 0 Å². The summed E-state index contributed by atoms with van der Waals surface area (Å²) >= 11 is 0. The number of halogens is 1. The first-order chi connectivity index (χ1) is 12.4. The fourth-order valence-corrected chi connectivity index (χ4v) is 6.76. The van der Waals surface area contributed by atoms with Crippen molar-refractivity contribution in [2.75, 3.05) is 26.2 Å². The summed E-state index contributed by atoms with van der Waals surface area (Å²) in [5, 5.41) is -0.957. The molecule has 0 radical (unpaired) electrons. The van der Waals surface area contributed by atoms with Gasteiger partial charge in [0.25, 0.3) is 5.40 Å². The fourth-order valence-electron chi connectivity index (χ4n) is 2.36. The lowest BCUT2D eigenvalue weighted by Gasteiger charge is -2.19. The number of Topliss-reactive ketones (excluding diaryl/α,β-unsaturated/α-hetero) is 1. The van der Waals surface area contributed by atoms with E-state index in [2.05, 4.69) is 0 Å². The molecule has 146 valence electrons. The highest BCUT2D eigenvalue weighted by Crippen LogP contribution is 2.62. The van der Waals surface area contributed by atoms with Gasteiger partial charge in [0.1, 0.15) is 5.82 Å². The number of ketones is 1. The Balaban J connectivity index is 2.95. The summed E-state index contributed by atoms with van der Waals surface area (Å²) < 4.78 is 54.8. The zero-order valence-electron chi connectivity index (χ0n) is 15.4. The Morgan fingerprint density at radius 3 is 2.38 bits per heavy atom. The van der Waals surface area contributed by atoms with E-state index < -0.39 is 26.6 Å². The number of carbonyl (C=O) groups excluding carboxylic acids is 1. The van der Waals surface area contributed by atoms with Gasteiger partial charge in [-0.25, -0.2) is 4.39 Å². The summed E-state index contributed by atoms with van der Waals surface area (Å²) in [7, 11) is -5.75. The van der Waals surface area contributed by atoms with Crippen molar-refractivity contribution in [1.29, 1.82) is 0 Å². The van der Waals surface area contributed by atoms with Crippen LogP contribution >= 0.6 is 15.4 Å². The van der Waals surface area contributed by atoms with E-state index in [1.807, 2.05) is 0 Å². The normalized spacial score (nSPS) is 13.5. The van der Waals surface area contributed by atoms with Gasteiger partial charge in [-0.1, -0.05) is 16.7 Å². The molecule has 0 aliphatic rings. The maximum Gasteiger partial charge on any atom is 0.382 e. The quantitative estimate of drug-likeness (QED) is 0.330. The highest BCUT2D eigenvalue weighted by molar-refractivity contribution is 7.68. The van der Waals surface area contributed by atoms with Crippen LogP contribution in [-0.2, 0) is 22.9 Å². The van der Waals surface area contributed by atoms with E-state index >= 15 is 0 Å². The second-order valence-corrected chi connectivity index (χ2v) is 9.71. The SMILES string of the molecule is CCOC[P+](=O)C(CCC(=O)c1cccc(F)c1)P(=O)(OCC)OCC. The van der Waals surface area contributed by atoms with Crippen LogP contribution in [0, 0.1) is 5.82 Å². The monoisotopic (exact) mass is 407 g/mol. The molecule has 0 bridgehead atoms. The van der Waals surface area contributed by atoms with E-state index in [1.165, 1.54) is 18.2 Å². The summed E-state index contributed by atoms with van der Waals surface area (Å²) in [6.45, 7) is 5.71. The third-order valence-corrected chi connectivity index (χ3v) is 8.72. The Hall–Kier alpha value is -0.970. The minimum absolute atomic E-state index is 0.0366. The molecule has 1 aromatic rings. The second-order valence-electron chi connectivity index (χ2n) is 5.37. The molecule has 1 aromatic carbocycles. The maximum absolute atomic E-state index is 13.3. The van der Waals surface area contributed by atoms with Crippen LogP contribution in [0.15, 0.2) is 24.3 Å². The zero-order chi connectivity index (χ0) is 19.6. The fraction of sp³-hybridized carbons (Fsp3) is 0.588. The average molecular weight is 407 g/mol. The average Bonchev–Trinajstić information content (AvgIpc) is 2.60. The van der Waals surface area contributed by atoms with Crippen LogP contribution in [0.1, 0.15) is 44.0 Å². The molecule has 6 nitrogen and oxygen atoms in total. The number of hydrogen-bond donors (Lipinski definition) is 0. The minimum Gasteiger partial charge on any atom is -0.338 e. The lowest BCUT2D eigenvalue weighted by atomic mass is 10.1. The number of ether oxygens (including phenoxy) is 1. The topological polar surface area (TPSA) is 78.9 Å². The molecule has 0 heterocycles. The van der Waals surface area contributed by atoms with Gasteiger partial charge in [0, 0.05) is 25.0 Å². The van der Waals surface area contributed by atoms with Crippen LogP contribution in [0.25, 0.3) is 0 Å². The van der Waals surface area contributed by atoms with Crippen molar-refractivity contribution in [3.05, 3.63) is 35.6 Å². The lowest BCUT2D eigenvalue weighted by molar-refractivity contribution is 0.0980. The number of hydrogen-bond acceptors (Lipinski definition) is 6. The predicted octanol–water partition coefficient (Wildman–Crippen LogP) is 5.20. The molecule has 26 heavy (non-hydrogen) atoms. The summed E-state index contributed by atoms with van der Waals surface area (Å²) in [5.41, 5.74) is 0.214. The van der Waals surface area contributed by atoms with Gasteiger partial charge in [-0.2, -0.15) is 0 Å². The van der Waals surface area contributed by atoms with Crippen LogP contribution in [0.2, 0.25) is 0 Å². The lowest BCUT2D eigenvalue weighted by Crippen LogP contribution is -2.14. The Kier molecular flexibility index (Phi) is 10.4. The van der Waals surface area contributed by atoms with Crippen LogP contribution in [0.4, 0.5) is 4.39 Å². The predicted molar refractivity (Wildman–Crippen MR) is 98.7 cm³/mol. The van der Waals surface area contributed by atoms with Gasteiger partial charge in [-0.3, -0.25) is 9.36 Å². The van der Waals surface area contributed by atoms with Crippen molar-refractivity contribution in [3.8, 4) is 0 Å². The molecule has 0 aromatic heterocycles. The summed E-state index contributed by atoms with van der Waals surface area (Å²) in [6, 6.07) is 5.34. The smallest absolute Gasteiger partial charge is 0.338 e.